The number of thiazole rings is 2. The Labute approximate surface area is 213 Å². The number of hydrogen-bond acceptors (Lipinski definition) is 8. The van der Waals surface area contributed by atoms with E-state index in [1.165, 1.54) is 23.1 Å². The predicted octanol–water partition coefficient (Wildman–Crippen LogP) is 6.42. The lowest BCUT2D eigenvalue weighted by molar-refractivity contribution is 0.340. The number of nitrogens with zero attached hydrogens (tertiary/aromatic N) is 4. The summed E-state index contributed by atoms with van der Waals surface area (Å²) in [6.07, 6.45) is 0. The standard InChI is InChI=1S/C24H20N4O2S4/c1-3-30-19-11-9-18(10-12-19)28-22(29)20-21(26-23(28)33-14-16-13-32-15(2)25-16)27(24(31)34-20)17-7-5-4-6-8-17/h4-13H,3,14H2,1-2H3. The molecule has 0 saturated heterocycles. The molecular weight excluding hydrogens is 505 g/mol. The van der Waals surface area contributed by atoms with E-state index in [1.807, 2.05) is 78.4 Å². The lowest BCUT2D eigenvalue weighted by atomic mass is 10.3. The molecule has 5 aromatic rings. The van der Waals surface area contributed by atoms with Crippen LogP contribution in [0.5, 0.6) is 5.75 Å². The van der Waals surface area contributed by atoms with Crippen molar-refractivity contribution in [3.8, 4) is 17.1 Å². The fourth-order valence-corrected chi connectivity index (χ4v) is 6.45. The maximum absolute atomic E-state index is 13.8. The molecule has 6 nitrogen and oxygen atoms in total. The molecule has 0 radical (unpaired) electrons. The molecule has 5 rings (SSSR count). The van der Waals surface area contributed by atoms with Gasteiger partial charge in [-0.15, -0.1) is 11.3 Å². The third kappa shape index (κ3) is 4.46. The Bertz CT molecular complexity index is 1570. The molecule has 0 aliphatic heterocycles. The van der Waals surface area contributed by atoms with E-state index in [-0.39, 0.29) is 5.56 Å². The van der Waals surface area contributed by atoms with E-state index in [0.29, 0.717) is 31.8 Å². The zero-order valence-electron chi connectivity index (χ0n) is 18.4. The number of aryl methyl sites for hydroxylation is 1. The Morgan fingerprint density at radius 3 is 2.44 bits per heavy atom. The molecule has 34 heavy (non-hydrogen) atoms. The van der Waals surface area contributed by atoms with Crippen LogP contribution in [-0.2, 0) is 5.75 Å². The lowest BCUT2D eigenvalue weighted by Crippen LogP contribution is -2.21. The third-order valence-corrected chi connectivity index (χ3v) is 8.16. The second-order valence-corrected chi connectivity index (χ2v) is 10.9. The summed E-state index contributed by atoms with van der Waals surface area (Å²) in [5.74, 6) is 1.36. The molecular formula is C24H20N4O2S4. The van der Waals surface area contributed by atoms with Crippen molar-refractivity contribution < 1.29 is 4.74 Å². The minimum Gasteiger partial charge on any atom is -0.494 e. The second-order valence-electron chi connectivity index (χ2n) is 7.30. The van der Waals surface area contributed by atoms with Crippen LogP contribution in [0.15, 0.2) is 69.9 Å². The Morgan fingerprint density at radius 1 is 1.03 bits per heavy atom. The van der Waals surface area contributed by atoms with Crippen LogP contribution in [-0.4, -0.2) is 25.7 Å². The van der Waals surface area contributed by atoms with E-state index < -0.39 is 0 Å². The Hall–Kier alpha value is -2.79. The number of thioether (sulfide) groups is 1. The SMILES string of the molecule is CCOc1ccc(-n2c(SCc3csc(C)n3)nc3c(sc(=S)n3-c3ccccc3)c2=O)cc1. The molecule has 0 unspecified atom stereocenters. The molecule has 0 bridgehead atoms. The molecule has 0 aliphatic carbocycles. The Balaban J connectivity index is 1.69. The minimum atomic E-state index is -0.142. The summed E-state index contributed by atoms with van der Waals surface area (Å²) < 4.78 is 10.2. The number of ether oxygens (including phenoxy) is 1. The van der Waals surface area contributed by atoms with Crippen molar-refractivity contribution in [1.29, 1.82) is 0 Å². The van der Waals surface area contributed by atoms with Gasteiger partial charge in [0, 0.05) is 16.8 Å². The molecule has 3 aromatic heterocycles. The van der Waals surface area contributed by atoms with Gasteiger partial charge in [-0.25, -0.2) is 9.97 Å². The number of aromatic nitrogens is 4. The number of rotatable bonds is 7. The summed E-state index contributed by atoms with van der Waals surface area (Å²) in [5.41, 5.74) is 3.01. The molecule has 10 heteroatoms. The molecule has 0 saturated carbocycles. The summed E-state index contributed by atoms with van der Waals surface area (Å²) in [5, 5.41) is 3.64. The van der Waals surface area contributed by atoms with Gasteiger partial charge in [0.2, 0.25) is 0 Å². The van der Waals surface area contributed by atoms with Crippen LogP contribution in [0.2, 0.25) is 0 Å². The topological polar surface area (TPSA) is 61.9 Å². The fourth-order valence-electron chi connectivity index (χ4n) is 3.54. The first-order valence-electron chi connectivity index (χ1n) is 10.6. The van der Waals surface area contributed by atoms with Crippen molar-refractivity contribution in [2.24, 2.45) is 0 Å². The molecule has 3 heterocycles. The van der Waals surface area contributed by atoms with Gasteiger partial charge >= 0.3 is 0 Å². The fraction of sp³-hybridized carbons (Fsp3) is 0.167. The first-order valence-corrected chi connectivity index (χ1v) is 13.6. The highest BCUT2D eigenvalue weighted by Gasteiger charge is 2.19. The van der Waals surface area contributed by atoms with Crippen LogP contribution in [0.1, 0.15) is 17.6 Å². The van der Waals surface area contributed by atoms with Gasteiger partial charge in [-0.1, -0.05) is 41.3 Å². The minimum absolute atomic E-state index is 0.142. The van der Waals surface area contributed by atoms with E-state index in [4.69, 9.17) is 21.9 Å². The van der Waals surface area contributed by atoms with Crippen LogP contribution >= 0.6 is 46.7 Å². The van der Waals surface area contributed by atoms with Crippen molar-refractivity contribution in [3.05, 3.63) is 85.0 Å². The maximum Gasteiger partial charge on any atom is 0.278 e. The third-order valence-electron chi connectivity index (χ3n) is 5.01. The Morgan fingerprint density at radius 2 is 1.76 bits per heavy atom. The summed E-state index contributed by atoms with van der Waals surface area (Å²) in [6.45, 7) is 4.51. The van der Waals surface area contributed by atoms with Crippen molar-refractivity contribution >= 4 is 57.0 Å². The van der Waals surface area contributed by atoms with Crippen LogP contribution < -0.4 is 10.3 Å². The highest BCUT2D eigenvalue weighted by molar-refractivity contribution is 7.98. The molecule has 0 N–H and O–H groups in total. The van der Waals surface area contributed by atoms with Crippen molar-refractivity contribution in [2.75, 3.05) is 6.61 Å². The summed E-state index contributed by atoms with van der Waals surface area (Å²) in [4.78, 5) is 23.3. The number of para-hydroxylation sites is 1. The average Bonchev–Trinajstić information content (AvgIpc) is 3.41. The molecule has 172 valence electrons. The molecule has 0 fully saturated rings. The van der Waals surface area contributed by atoms with Gasteiger partial charge in [-0.05, 0) is 62.5 Å². The first kappa shape index (κ1) is 23.0. The van der Waals surface area contributed by atoms with E-state index in [9.17, 15) is 4.79 Å². The monoisotopic (exact) mass is 524 g/mol. The zero-order chi connectivity index (χ0) is 23.7. The molecule has 0 spiro atoms. The number of benzene rings is 2. The number of hydrogen-bond donors (Lipinski definition) is 0. The van der Waals surface area contributed by atoms with Crippen LogP contribution in [0.25, 0.3) is 21.7 Å². The normalized spacial score (nSPS) is 11.2. The maximum atomic E-state index is 13.8. The number of fused-ring (bicyclic) bond motifs is 1. The Kier molecular flexibility index (Phi) is 6.64. The van der Waals surface area contributed by atoms with Gasteiger partial charge in [-0.3, -0.25) is 13.9 Å². The van der Waals surface area contributed by atoms with Gasteiger partial charge in [-0.2, -0.15) is 0 Å². The highest BCUT2D eigenvalue weighted by atomic mass is 32.2. The van der Waals surface area contributed by atoms with E-state index >= 15 is 0 Å². The molecule has 2 aromatic carbocycles. The van der Waals surface area contributed by atoms with E-state index in [0.717, 1.165) is 27.8 Å². The quantitative estimate of drug-likeness (QED) is 0.139. The predicted molar refractivity (Wildman–Crippen MR) is 143 cm³/mol. The van der Waals surface area contributed by atoms with Gasteiger partial charge < -0.3 is 4.74 Å². The highest BCUT2D eigenvalue weighted by Crippen LogP contribution is 2.29. The average molecular weight is 525 g/mol. The van der Waals surface area contributed by atoms with E-state index in [2.05, 4.69) is 4.98 Å². The lowest BCUT2D eigenvalue weighted by Gasteiger charge is -2.13. The van der Waals surface area contributed by atoms with Gasteiger partial charge in [0.25, 0.3) is 5.56 Å². The van der Waals surface area contributed by atoms with Crippen molar-refractivity contribution in [3.63, 3.8) is 0 Å². The largest absolute Gasteiger partial charge is 0.494 e. The van der Waals surface area contributed by atoms with Crippen molar-refractivity contribution in [2.45, 2.75) is 24.8 Å². The van der Waals surface area contributed by atoms with Crippen molar-refractivity contribution in [1.82, 2.24) is 19.1 Å². The van der Waals surface area contributed by atoms with E-state index in [1.54, 1.807) is 15.9 Å². The second kappa shape index (κ2) is 9.83. The zero-order valence-corrected chi connectivity index (χ0v) is 21.7. The summed E-state index contributed by atoms with van der Waals surface area (Å²) in [7, 11) is 0. The van der Waals surface area contributed by atoms with Gasteiger partial charge in [0.05, 0.1) is 23.0 Å². The molecule has 0 amide bonds. The summed E-state index contributed by atoms with van der Waals surface area (Å²) >= 11 is 10.0. The molecule has 0 atom stereocenters. The van der Waals surface area contributed by atoms with Crippen LogP contribution in [0.3, 0.4) is 0 Å². The van der Waals surface area contributed by atoms with Gasteiger partial charge in [0.15, 0.2) is 14.8 Å². The molecule has 0 aliphatic rings. The van der Waals surface area contributed by atoms with Crippen LogP contribution in [0.4, 0.5) is 0 Å². The van der Waals surface area contributed by atoms with Gasteiger partial charge in [0.1, 0.15) is 10.4 Å². The van der Waals surface area contributed by atoms with Crippen LogP contribution in [0, 0.1) is 10.9 Å². The smallest absolute Gasteiger partial charge is 0.278 e. The summed E-state index contributed by atoms with van der Waals surface area (Å²) in [6, 6.07) is 17.3. The first-order chi connectivity index (χ1) is 16.5.